The normalized spacial score (nSPS) is 28.6. The number of likely N-dealkylation sites (tertiary alicyclic amines) is 1. The zero-order valence-electron chi connectivity index (χ0n) is 13.4. The van der Waals surface area contributed by atoms with E-state index in [4.69, 9.17) is 15.3 Å². The lowest BCUT2D eigenvalue weighted by atomic mass is 9.80. The second-order valence-corrected chi connectivity index (χ2v) is 7.14. The van der Waals surface area contributed by atoms with Crippen LogP contribution in [0, 0.1) is 17.2 Å². The van der Waals surface area contributed by atoms with Crippen LogP contribution in [0.25, 0.3) is 0 Å². The molecule has 0 aromatic heterocycles. The first-order valence-electron chi connectivity index (χ1n) is 7.73. The van der Waals surface area contributed by atoms with Gasteiger partial charge >= 0.3 is 5.97 Å². The molecule has 0 spiro atoms. The molecule has 3 N–H and O–H groups in total. The van der Waals surface area contributed by atoms with Crippen molar-refractivity contribution < 1.29 is 19.4 Å². The van der Waals surface area contributed by atoms with Crippen molar-refractivity contribution in [3.05, 3.63) is 0 Å². The van der Waals surface area contributed by atoms with Crippen LogP contribution in [0.15, 0.2) is 0 Å². The van der Waals surface area contributed by atoms with E-state index in [1.165, 1.54) is 0 Å². The minimum atomic E-state index is -0.971. The van der Waals surface area contributed by atoms with Crippen molar-refractivity contribution in [2.24, 2.45) is 11.8 Å². The molecular formula is C15H25N3O4. The van der Waals surface area contributed by atoms with Gasteiger partial charge in [0.25, 0.3) is 6.02 Å². The lowest BCUT2D eigenvalue weighted by molar-refractivity contribution is -0.154. The van der Waals surface area contributed by atoms with E-state index in [2.05, 4.69) is 5.32 Å². The summed E-state index contributed by atoms with van der Waals surface area (Å²) in [5, 5.41) is 19.5. The number of carbonyl (C=O) groups is 2. The van der Waals surface area contributed by atoms with Crippen LogP contribution < -0.4 is 5.32 Å². The molecule has 0 radical (unpaired) electrons. The van der Waals surface area contributed by atoms with Crippen LogP contribution in [0.2, 0.25) is 0 Å². The van der Waals surface area contributed by atoms with Crippen molar-refractivity contribution in [2.45, 2.75) is 51.7 Å². The number of carboxylic acid groups (broad SMARTS) is 1. The Morgan fingerprint density at radius 1 is 1.50 bits per heavy atom. The molecule has 1 unspecified atom stereocenters. The molecule has 0 aromatic carbocycles. The van der Waals surface area contributed by atoms with E-state index in [-0.39, 0.29) is 17.8 Å². The minimum absolute atomic E-state index is 0.157. The minimum Gasteiger partial charge on any atom is -0.480 e. The van der Waals surface area contributed by atoms with Crippen molar-refractivity contribution in [2.75, 3.05) is 13.1 Å². The number of hydrogen-bond acceptors (Lipinski definition) is 4. The Kier molecular flexibility index (Phi) is 4.63. The van der Waals surface area contributed by atoms with Gasteiger partial charge in [0.15, 0.2) is 0 Å². The second-order valence-electron chi connectivity index (χ2n) is 7.14. The first-order chi connectivity index (χ1) is 10.2. The number of aliphatic carboxylic acids is 1. The molecule has 7 heteroatoms. The molecule has 22 heavy (non-hydrogen) atoms. The van der Waals surface area contributed by atoms with Crippen LogP contribution in [-0.2, 0) is 14.3 Å². The molecule has 2 rings (SSSR count). The summed E-state index contributed by atoms with van der Waals surface area (Å²) in [5.41, 5.74) is -0.410. The maximum Gasteiger partial charge on any atom is 0.327 e. The summed E-state index contributed by atoms with van der Waals surface area (Å²) in [7, 11) is 0. The fraction of sp³-hybridized carbons (Fsp3) is 0.800. The molecule has 2 aliphatic rings. The molecule has 0 bridgehead atoms. The van der Waals surface area contributed by atoms with E-state index in [1.54, 1.807) is 0 Å². The maximum atomic E-state index is 11.6. The number of piperidine rings is 1. The van der Waals surface area contributed by atoms with E-state index in [0.717, 1.165) is 19.4 Å². The molecule has 7 nitrogen and oxygen atoms in total. The third kappa shape index (κ3) is 3.90. The fourth-order valence-corrected chi connectivity index (χ4v) is 3.05. The summed E-state index contributed by atoms with van der Waals surface area (Å²) in [4.78, 5) is 24.5. The molecule has 3 atom stereocenters. The highest BCUT2D eigenvalue weighted by Crippen LogP contribution is 2.29. The van der Waals surface area contributed by atoms with E-state index in [0.29, 0.717) is 13.0 Å². The van der Waals surface area contributed by atoms with E-state index >= 15 is 0 Å². The molecule has 0 saturated carbocycles. The van der Waals surface area contributed by atoms with Gasteiger partial charge in [-0.1, -0.05) is 0 Å². The number of β-lactam (4-membered cyclic amide) rings is 1. The summed E-state index contributed by atoms with van der Waals surface area (Å²) in [6, 6.07) is -0.599. The number of hydrogen-bond donors (Lipinski definition) is 3. The highest BCUT2D eigenvalue weighted by atomic mass is 16.5. The van der Waals surface area contributed by atoms with Gasteiger partial charge in [-0.05, 0) is 46.0 Å². The van der Waals surface area contributed by atoms with Crippen LogP contribution in [-0.4, -0.2) is 52.6 Å². The zero-order chi connectivity index (χ0) is 16.5. The number of rotatable bonds is 3. The molecule has 2 saturated heterocycles. The number of nitrogens with zero attached hydrogens (tertiary/aromatic N) is 1. The van der Waals surface area contributed by atoms with E-state index in [1.807, 2.05) is 25.7 Å². The number of nitrogens with one attached hydrogen (secondary N) is 2. The highest BCUT2D eigenvalue weighted by Gasteiger charge is 2.45. The number of carbonyl (C=O) groups excluding carboxylic acids is 1. The zero-order valence-corrected chi connectivity index (χ0v) is 13.4. The molecule has 2 aliphatic heterocycles. The maximum absolute atomic E-state index is 11.6. The Morgan fingerprint density at radius 3 is 2.73 bits per heavy atom. The van der Waals surface area contributed by atoms with E-state index < -0.39 is 23.5 Å². The quantitative estimate of drug-likeness (QED) is 0.410. The standard InChI is InChI=1S/C15H25N3O4/c1-15(2,3)22-14(16)18-6-4-5-9(8-18)7-10-11(13(20)21)17-12(10)19/h9-11,16H,4-8H2,1-3H3,(H,17,19)(H,20,21)/t9-,10+,11?/m0/s1. The van der Waals surface area contributed by atoms with Crippen LogP contribution >= 0.6 is 0 Å². The summed E-state index contributed by atoms with van der Waals surface area (Å²) in [6.07, 6.45) is 2.43. The molecule has 0 aliphatic carbocycles. The van der Waals surface area contributed by atoms with Gasteiger partial charge in [-0.25, -0.2) is 4.79 Å². The van der Waals surface area contributed by atoms with Gasteiger partial charge in [0.1, 0.15) is 11.6 Å². The molecule has 1 amide bonds. The van der Waals surface area contributed by atoms with Gasteiger partial charge in [-0.3, -0.25) is 10.2 Å². The lowest BCUT2D eigenvalue weighted by Crippen LogP contribution is -2.62. The predicted molar refractivity (Wildman–Crippen MR) is 80.5 cm³/mol. The van der Waals surface area contributed by atoms with Crippen molar-refractivity contribution in [3.63, 3.8) is 0 Å². The summed E-state index contributed by atoms with van der Waals surface area (Å²) < 4.78 is 5.59. The molecule has 2 fully saturated rings. The molecule has 0 aromatic rings. The third-order valence-electron chi connectivity index (χ3n) is 4.10. The lowest BCUT2D eigenvalue weighted by Gasteiger charge is -2.40. The number of carboxylic acids is 1. The van der Waals surface area contributed by atoms with Crippen LogP contribution in [0.5, 0.6) is 0 Å². The SMILES string of the molecule is CC(C)(C)OC(=N)N1CCC[C@@H](C[C@H]2C(=O)NC2C(=O)O)C1. The molecule has 124 valence electrons. The van der Waals surface area contributed by atoms with Gasteiger partial charge in [0.05, 0.1) is 5.92 Å². The summed E-state index contributed by atoms with van der Waals surface area (Å²) in [6.45, 7) is 7.12. The average molecular weight is 311 g/mol. The Hall–Kier alpha value is -1.79. The van der Waals surface area contributed by atoms with Gasteiger partial charge in [-0.15, -0.1) is 0 Å². The van der Waals surface area contributed by atoms with Crippen molar-refractivity contribution in [3.8, 4) is 0 Å². The van der Waals surface area contributed by atoms with E-state index in [9.17, 15) is 9.59 Å². The van der Waals surface area contributed by atoms with Crippen LogP contribution in [0.3, 0.4) is 0 Å². The highest BCUT2D eigenvalue weighted by molar-refractivity contribution is 5.96. The first kappa shape index (κ1) is 16.6. The Morgan fingerprint density at radius 2 is 2.18 bits per heavy atom. The fourth-order valence-electron chi connectivity index (χ4n) is 3.05. The van der Waals surface area contributed by atoms with Crippen molar-refractivity contribution in [1.82, 2.24) is 10.2 Å². The Bertz CT molecular complexity index is 472. The van der Waals surface area contributed by atoms with Gasteiger partial charge < -0.3 is 20.1 Å². The Balaban J connectivity index is 1.89. The Labute approximate surface area is 130 Å². The number of amides is 1. The largest absolute Gasteiger partial charge is 0.480 e. The van der Waals surface area contributed by atoms with Gasteiger partial charge in [-0.2, -0.15) is 0 Å². The predicted octanol–water partition coefficient (Wildman–Crippen LogP) is 1.04. The molecule has 2 heterocycles. The second kappa shape index (κ2) is 6.14. The monoisotopic (exact) mass is 311 g/mol. The molecular weight excluding hydrogens is 286 g/mol. The summed E-state index contributed by atoms with van der Waals surface area (Å²) in [5.74, 6) is -1.37. The van der Waals surface area contributed by atoms with Gasteiger partial charge in [0.2, 0.25) is 5.91 Å². The van der Waals surface area contributed by atoms with Crippen molar-refractivity contribution in [1.29, 1.82) is 5.41 Å². The average Bonchev–Trinajstić information content (AvgIpc) is 2.40. The third-order valence-corrected chi connectivity index (χ3v) is 4.10. The first-order valence-corrected chi connectivity index (χ1v) is 7.73. The smallest absolute Gasteiger partial charge is 0.327 e. The topological polar surface area (TPSA) is 103 Å². The van der Waals surface area contributed by atoms with Crippen LogP contribution in [0.4, 0.5) is 0 Å². The number of ether oxygens (including phenoxy) is 1. The van der Waals surface area contributed by atoms with Crippen molar-refractivity contribution >= 4 is 17.9 Å². The van der Waals surface area contributed by atoms with Gasteiger partial charge in [0, 0.05) is 13.1 Å². The summed E-state index contributed by atoms with van der Waals surface area (Å²) >= 11 is 0. The number of amidine groups is 1. The van der Waals surface area contributed by atoms with Crippen LogP contribution in [0.1, 0.15) is 40.0 Å².